The number of carbonyl (C=O) groups excluding carboxylic acids is 1. The van der Waals surface area contributed by atoms with E-state index in [0.717, 1.165) is 19.4 Å². The maximum atomic E-state index is 12.4. The zero-order valence-electron chi connectivity index (χ0n) is 11.2. The van der Waals surface area contributed by atoms with E-state index in [-0.39, 0.29) is 17.5 Å². The molecule has 1 aromatic rings. The van der Waals surface area contributed by atoms with Crippen LogP contribution < -0.4 is 0 Å². The minimum Gasteiger partial charge on any atom is -0.478 e. The third-order valence-electron chi connectivity index (χ3n) is 3.86. The van der Waals surface area contributed by atoms with E-state index < -0.39 is 5.97 Å². The molecule has 1 fully saturated rings. The Morgan fingerprint density at radius 1 is 1.37 bits per heavy atom. The molecular weight excluding hydrogens is 244 g/mol. The quantitative estimate of drug-likeness (QED) is 0.885. The zero-order chi connectivity index (χ0) is 14.0. The van der Waals surface area contributed by atoms with Gasteiger partial charge >= 0.3 is 5.97 Å². The highest BCUT2D eigenvalue weighted by Crippen LogP contribution is 2.24. The molecule has 1 aliphatic heterocycles. The monoisotopic (exact) mass is 262 g/mol. The van der Waals surface area contributed by atoms with E-state index >= 15 is 0 Å². The fourth-order valence-electron chi connectivity index (χ4n) is 2.42. The third-order valence-corrected chi connectivity index (χ3v) is 3.86. The van der Waals surface area contributed by atoms with Crippen LogP contribution in [0.25, 0.3) is 0 Å². The Balaban J connectivity index is 2.17. The lowest BCUT2D eigenvalue weighted by atomic mass is 9.92. The summed E-state index contributed by atoms with van der Waals surface area (Å²) in [5.41, 5.74) is 0.405. The highest BCUT2D eigenvalue weighted by atomic mass is 16.4. The number of carboxylic acids is 1. The van der Waals surface area contributed by atoms with E-state index in [1.807, 2.05) is 11.8 Å². The SMILES string of the molecule is CC1CCCN(C(=O)c2ccc(C(=O)O)cn2)C1C. The van der Waals surface area contributed by atoms with Crippen LogP contribution >= 0.6 is 0 Å². The number of amides is 1. The van der Waals surface area contributed by atoms with Crippen LogP contribution in [0.3, 0.4) is 0 Å². The average Bonchev–Trinajstić information content (AvgIpc) is 2.41. The van der Waals surface area contributed by atoms with E-state index in [2.05, 4.69) is 11.9 Å². The van der Waals surface area contributed by atoms with Crippen molar-refractivity contribution in [2.45, 2.75) is 32.7 Å². The summed E-state index contributed by atoms with van der Waals surface area (Å²) in [7, 11) is 0. The van der Waals surface area contributed by atoms with Gasteiger partial charge in [0.15, 0.2) is 0 Å². The highest BCUT2D eigenvalue weighted by molar-refractivity contribution is 5.94. The van der Waals surface area contributed by atoms with E-state index in [0.29, 0.717) is 11.6 Å². The van der Waals surface area contributed by atoms with E-state index in [1.54, 1.807) is 0 Å². The van der Waals surface area contributed by atoms with E-state index in [4.69, 9.17) is 5.11 Å². The van der Waals surface area contributed by atoms with Gasteiger partial charge in [-0.05, 0) is 37.8 Å². The van der Waals surface area contributed by atoms with Gasteiger partial charge in [-0.3, -0.25) is 9.78 Å². The van der Waals surface area contributed by atoms with Crippen molar-refractivity contribution >= 4 is 11.9 Å². The second-order valence-electron chi connectivity index (χ2n) is 5.10. The molecule has 1 aromatic heterocycles. The lowest BCUT2D eigenvalue weighted by Crippen LogP contribution is -2.46. The smallest absolute Gasteiger partial charge is 0.337 e. The first-order chi connectivity index (χ1) is 9.00. The van der Waals surface area contributed by atoms with Gasteiger partial charge in [0.2, 0.25) is 0 Å². The van der Waals surface area contributed by atoms with Crippen LogP contribution in [-0.2, 0) is 0 Å². The number of aromatic carboxylic acids is 1. The average molecular weight is 262 g/mol. The number of pyridine rings is 1. The number of rotatable bonds is 2. The Morgan fingerprint density at radius 2 is 2.11 bits per heavy atom. The van der Waals surface area contributed by atoms with Crippen molar-refractivity contribution in [3.63, 3.8) is 0 Å². The number of likely N-dealkylation sites (tertiary alicyclic amines) is 1. The molecule has 1 amide bonds. The van der Waals surface area contributed by atoms with Gasteiger partial charge in [-0.25, -0.2) is 4.79 Å². The van der Waals surface area contributed by atoms with Gasteiger partial charge in [0.1, 0.15) is 5.69 Å². The van der Waals surface area contributed by atoms with Gasteiger partial charge < -0.3 is 10.0 Å². The van der Waals surface area contributed by atoms with Gasteiger partial charge in [0.05, 0.1) is 5.56 Å². The highest BCUT2D eigenvalue weighted by Gasteiger charge is 2.29. The van der Waals surface area contributed by atoms with Gasteiger partial charge in [-0.1, -0.05) is 6.92 Å². The van der Waals surface area contributed by atoms with Crippen LogP contribution in [0.4, 0.5) is 0 Å². The van der Waals surface area contributed by atoms with Gasteiger partial charge in [-0.15, -0.1) is 0 Å². The summed E-state index contributed by atoms with van der Waals surface area (Å²) in [6, 6.07) is 3.10. The lowest BCUT2D eigenvalue weighted by molar-refractivity contribution is 0.0543. The van der Waals surface area contributed by atoms with Crippen LogP contribution in [0.1, 0.15) is 47.5 Å². The van der Waals surface area contributed by atoms with Crippen LogP contribution in [0, 0.1) is 5.92 Å². The van der Waals surface area contributed by atoms with Crippen molar-refractivity contribution in [3.05, 3.63) is 29.6 Å². The number of hydrogen-bond donors (Lipinski definition) is 1. The summed E-state index contributed by atoms with van der Waals surface area (Å²) < 4.78 is 0. The summed E-state index contributed by atoms with van der Waals surface area (Å²) in [4.78, 5) is 28.9. The van der Waals surface area contributed by atoms with Crippen molar-refractivity contribution in [2.24, 2.45) is 5.92 Å². The van der Waals surface area contributed by atoms with Crippen molar-refractivity contribution in [1.29, 1.82) is 0 Å². The predicted molar refractivity (Wildman–Crippen MR) is 70.1 cm³/mol. The van der Waals surface area contributed by atoms with Crippen molar-refractivity contribution < 1.29 is 14.7 Å². The predicted octanol–water partition coefficient (Wildman–Crippen LogP) is 2.04. The van der Waals surface area contributed by atoms with Gasteiger partial charge in [-0.2, -0.15) is 0 Å². The Morgan fingerprint density at radius 3 is 2.68 bits per heavy atom. The second kappa shape index (κ2) is 5.38. The van der Waals surface area contributed by atoms with Crippen LogP contribution in [0.15, 0.2) is 18.3 Å². The number of hydrogen-bond acceptors (Lipinski definition) is 3. The third kappa shape index (κ3) is 2.75. The molecule has 1 aliphatic rings. The Kier molecular flexibility index (Phi) is 3.83. The first-order valence-electron chi connectivity index (χ1n) is 6.51. The lowest BCUT2D eigenvalue weighted by Gasteiger charge is -2.37. The summed E-state index contributed by atoms with van der Waals surface area (Å²) in [6.45, 7) is 4.94. The first kappa shape index (κ1) is 13.5. The molecule has 0 saturated carbocycles. The molecule has 0 bridgehead atoms. The Labute approximate surface area is 112 Å². The second-order valence-corrected chi connectivity index (χ2v) is 5.10. The summed E-state index contributed by atoms with van der Waals surface area (Å²) in [6.07, 6.45) is 3.37. The fraction of sp³-hybridized carbons (Fsp3) is 0.500. The molecule has 2 heterocycles. The molecule has 2 rings (SSSR count). The molecule has 5 heteroatoms. The zero-order valence-corrected chi connectivity index (χ0v) is 11.2. The molecule has 0 aliphatic carbocycles. The molecule has 1 saturated heterocycles. The first-order valence-corrected chi connectivity index (χ1v) is 6.51. The summed E-state index contributed by atoms with van der Waals surface area (Å²) in [5, 5.41) is 8.80. The number of carboxylic acid groups (broad SMARTS) is 1. The maximum absolute atomic E-state index is 12.4. The van der Waals surface area contributed by atoms with Crippen LogP contribution in [0.5, 0.6) is 0 Å². The summed E-state index contributed by atoms with van der Waals surface area (Å²) in [5.74, 6) is -0.668. The van der Waals surface area contributed by atoms with Gasteiger partial charge in [0, 0.05) is 18.8 Å². The maximum Gasteiger partial charge on any atom is 0.337 e. The molecular formula is C14H18N2O3. The molecule has 2 unspecified atom stereocenters. The van der Waals surface area contributed by atoms with Crippen molar-refractivity contribution in [3.8, 4) is 0 Å². The minimum absolute atomic E-state index is 0.0941. The van der Waals surface area contributed by atoms with E-state index in [9.17, 15) is 9.59 Å². The standard InChI is InChI=1S/C14H18N2O3/c1-9-4-3-7-16(10(9)2)13(17)12-6-5-11(8-15-12)14(18)19/h5-6,8-10H,3-4,7H2,1-2H3,(H,18,19). The molecule has 0 spiro atoms. The Hall–Kier alpha value is -1.91. The Bertz CT molecular complexity index is 484. The molecule has 102 valence electrons. The normalized spacial score (nSPS) is 23.2. The molecule has 1 N–H and O–H groups in total. The molecule has 19 heavy (non-hydrogen) atoms. The van der Waals surface area contributed by atoms with Crippen molar-refractivity contribution in [1.82, 2.24) is 9.88 Å². The molecule has 0 aromatic carbocycles. The number of aromatic nitrogens is 1. The summed E-state index contributed by atoms with van der Waals surface area (Å²) >= 11 is 0. The topological polar surface area (TPSA) is 70.5 Å². The number of piperidine rings is 1. The minimum atomic E-state index is -1.04. The number of nitrogens with zero attached hydrogens (tertiary/aromatic N) is 2. The molecule has 2 atom stereocenters. The fourth-order valence-corrected chi connectivity index (χ4v) is 2.42. The van der Waals surface area contributed by atoms with Crippen molar-refractivity contribution in [2.75, 3.05) is 6.54 Å². The van der Waals surface area contributed by atoms with E-state index in [1.165, 1.54) is 18.3 Å². The molecule has 0 radical (unpaired) electrons. The number of carbonyl (C=O) groups is 2. The van der Waals surface area contributed by atoms with Crippen LogP contribution in [-0.4, -0.2) is 39.5 Å². The van der Waals surface area contributed by atoms with Crippen LogP contribution in [0.2, 0.25) is 0 Å². The largest absolute Gasteiger partial charge is 0.478 e. The van der Waals surface area contributed by atoms with Gasteiger partial charge in [0.25, 0.3) is 5.91 Å². The molecule has 5 nitrogen and oxygen atoms in total.